The normalized spacial score (nSPS) is 17.1. The van der Waals surface area contributed by atoms with Crippen molar-refractivity contribution in [2.45, 2.75) is 38.2 Å². The first-order valence-corrected chi connectivity index (χ1v) is 9.71. The van der Waals surface area contributed by atoms with Crippen LogP contribution in [0, 0.1) is 6.92 Å². The van der Waals surface area contributed by atoms with Gasteiger partial charge in [-0.3, -0.25) is 4.79 Å². The van der Waals surface area contributed by atoms with E-state index >= 15 is 0 Å². The quantitative estimate of drug-likeness (QED) is 0.804. The summed E-state index contributed by atoms with van der Waals surface area (Å²) in [7, 11) is 0. The predicted molar refractivity (Wildman–Crippen MR) is 107 cm³/mol. The molecular weight excluding hydrogens is 362 g/mol. The molecule has 2 aromatic carbocycles. The van der Waals surface area contributed by atoms with Crippen molar-refractivity contribution in [1.82, 2.24) is 5.32 Å². The molecule has 27 heavy (non-hydrogen) atoms. The number of rotatable bonds is 6. The number of benzene rings is 2. The van der Waals surface area contributed by atoms with Crippen LogP contribution >= 0.6 is 11.6 Å². The molecule has 1 saturated heterocycles. The van der Waals surface area contributed by atoms with Gasteiger partial charge in [0.1, 0.15) is 5.75 Å². The van der Waals surface area contributed by atoms with Crippen LogP contribution in [0.4, 0.5) is 0 Å². The summed E-state index contributed by atoms with van der Waals surface area (Å²) in [6, 6.07) is 15.6. The lowest BCUT2D eigenvalue weighted by Gasteiger charge is -2.38. The molecule has 5 heteroatoms. The van der Waals surface area contributed by atoms with Crippen LogP contribution in [0.1, 0.15) is 30.9 Å². The summed E-state index contributed by atoms with van der Waals surface area (Å²) in [5.74, 6) is 0.581. The molecule has 1 unspecified atom stereocenters. The fourth-order valence-electron chi connectivity index (χ4n) is 3.41. The number of aryl methyl sites for hydroxylation is 1. The largest absolute Gasteiger partial charge is 0.481 e. The van der Waals surface area contributed by atoms with E-state index in [0.717, 1.165) is 18.4 Å². The first-order valence-electron chi connectivity index (χ1n) is 9.33. The summed E-state index contributed by atoms with van der Waals surface area (Å²) in [4.78, 5) is 12.6. The Morgan fingerprint density at radius 1 is 1.15 bits per heavy atom. The Morgan fingerprint density at radius 2 is 1.78 bits per heavy atom. The Labute approximate surface area is 165 Å². The van der Waals surface area contributed by atoms with E-state index in [9.17, 15) is 4.79 Å². The van der Waals surface area contributed by atoms with Gasteiger partial charge in [-0.2, -0.15) is 0 Å². The minimum Gasteiger partial charge on any atom is -0.481 e. The second-order valence-electron chi connectivity index (χ2n) is 7.19. The van der Waals surface area contributed by atoms with Gasteiger partial charge in [0, 0.05) is 30.2 Å². The van der Waals surface area contributed by atoms with E-state index in [0.29, 0.717) is 30.5 Å². The summed E-state index contributed by atoms with van der Waals surface area (Å²) in [5.41, 5.74) is 2.20. The Morgan fingerprint density at radius 3 is 2.41 bits per heavy atom. The molecule has 1 aliphatic rings. The molecule has 1 amide bonds. The van der Waals surface area contributed by atoms with Gasteiger partial charge in [0.15, 0.2) is 6.10 Å². The van der Waals surface area contributed by atoms with Crippen molar-refractivity contribution in [3.05, 3.63) is 64.7 Å². The zero-order valence-corrected chi connectivity index (χ0v) is 16.6. The lowest BCUT2D eigenvalue weighted by Crippen LogP contribution is -2.47. The topological polar surface area (TPSA) is 47.6 Å². The third kappa shape index (κ3) is 5.02. The molecule has 1 heterocycles. The number of hydrogen-bond donors (Lipinski definition) is 1. The van der Waals surface area contributed by atoms with Crippen molar-refractivity contribution in [2.24, 2.45) is 0 Å². The number of carbonyl (C=O) groups excluding carboxylic acids is 1. The molecule has 1 N–H and O–H groups in total. The first kappa shape index (κ1) is 19.7. The van der Waals surface area contributed by atoms with E-state index in [1.807, 2.05) is 55.5 Å². The van der Waals surface area contributed by atoms with Crippen molar-refractivity contribution in [3.8, 4) is 5.75 Å². The van der Waals surface area contributed by atoms with Crippen LogP contribution in [0.25, 0.3) is 0 Å². The molecule has 0 aromatic heterocycles. The van der Waals surface area contributed by atoms with Crippen LogP contribution in [0.2, 0.25) is 5.02 Å². The van der Waals surface area contributed by atoms with Gasteiger partial charge in [0.2, 0.25) is 0 Å². The maximum Gasteiger partial charge on any atom is 0.260 e. The number of carbonyl (C=O) groups is 1. The summed E-state index contributed by atoms with van der Waals surface area (Å²) >= 11 is 6.04. The Hall–Kier alpha value is -2.04. The molecule has 0 aliphatic carbocycles. The molecule has 144 valence electrons. The first-order chi connectivity index (χ1) is 13.0. The van der Waals surface area contributed by atoms with E-state index in [1.165, 1.54) is 5.56 Å². The average molecular weight is 388 g/mol. The Kier molecular flexibility index (Phi) is 6.40. The van der Waals surface area contributed by atoms with Crippen molar-refractivity contribution in [3.63, 3.8) is 0 Å². The van der Waals surface area contributed by atoms with Gasteiger partial charge in [0.05, 0.1) is 0 Å². The highest BCUT2D eigenvalue weighted by molar-refractivity contribution is 6.30. The molecule has 1 atom stereocenters. The van der Waals surface area contributed by atoms with Crippen LogP contribution in [0.15, 0.2) is 48.5 Å². The summed E-state index contributed by atoms with van der Waals surface area (Å²) in [5, 5.41) is 3.80. The maximum absolute atomic E-state index is 12.6. The third-order valence-corrected chi connectivity index (χ3v) is 5.46. The molecule has 3 rings (SSSR count). The van der Waals surface area contributed by atoms with Crippen LogP contribution < -0.4 is 10.1 Å². The molecule has 2 aromatic rings. The van der Waals surface area contributed by atoms with E-state index in [4.69, 9.17) is 21.1 Å². The number of ether oxygens (including phenoxy) is 2. The van der Waals surface area contributed by atoms with Gasteiger partial charge >= 0.3 is 0 Å². The summed E-state index contributed by atoms with van der Waals surface area (Å²) < 4.78 is 11.3. The van der Waals surface area contributed by atoms with Crippen LogP contribution in [-0.4, -0.2) is 31.8 Å². The van der Waals surface area contributed by atoms with Gasteiger partial charge in [-0.25, -0.2) is 0 Å². The van der Waals surface area contributed by atoms with E-state index < -0.39 is 6.10 Å². The molecule has 0 bridgehead atoms. The van der Waals surface area contributed by atoms with Crippen LogP contribution in [0.3, 0.4) is 0 Å². The lowest BCUT2D eigenvalue weighted by molar-refractivity contribution is -0.127. The number of amides is 1. The van der Waals surface area contributed by atoms with E-state index in [-0.39, 0.29) is 11.3 Å². The minimum atomic E-state index is -0.560. The Bertz CT molecular complexity index is 752. The SMILES string of the molecule is Cc1ccc(OC(C)C(=O)NCC2(c3ccc(Cl)cc3)CCOCC2)cc1. The van der Waals surface area contributed by atoms with Crippen molar-refractivity contribution in [2.75, 3.05) is 19.8 Å². The summed E-state index contributed by atoms with van der Waals surface area (Å²) in [6.07, 6.45) is 1.17. The minimum absolute atomic E-state index is 0.115. The molecule has 0 spiro atoms. The highest BCUT2D eigenvalue weighted by atomic mass is 35.5. The number of nitrogens with one attached hydrogen (secondary N) is 1. The smallest absolute Gasteiger partial charge is 0.260 e. The average Bonchev–Trinajstić information content (AvgIpc) is 2.69. The predicted octanol–water partition coefficient (Wildman–Crippen LogP) is 4.28. The van der Waals surface area contributed by atoms with Gasteiger partial charge in [0.25, 0.3) is 5.91 Å². The molecular formula is C22H26ClNO3. The Balaban J connectivity index is 1.65. The standard InChI is InChI=1S/C22H26ClNO3/c1-16-3-9-20(10-4-16)27-17(2)21(25)24-15-22(11-13-26-14-12-22)18-5-7-19(23)8-6-18/h3-10,17H,11-15H2,1-2H3,(H,24,25). The van der Waals surface area contributed by atoms with Gasteiger partial charge in [-0.15, -0.1) is 0 Å². The second-order valence-corrected chi connectivity index (χ2v) is 7.63. The fraction of sp³-hybridized carbons (Fsp3) is 0.409. The number of hydrogen-bond acceptors (Lipinski definition) is 3. The zero-order chi connectivity index (χ0) is 19.3. The fourth-order valence-corrected chi connectivity index (χ4v) is 3.53. The molecule has 4 nitrogen and oxygen atoms in total. The molecule has 1 aliphatic heterocycles. The number of halogens is 1. The van der Waals surface area contributed by atoms with E-state index in [1.54, 1.807) is 6.92 Å². The third-order valence-electron chi connectivity index (χ3n) is 5.21. The highest BCUT2D eigenvalue weighted by Crippen LogP contribution is 2.35. The van der Waals surface area contributed by atoms with Gasteiger partial charge < -0.3 is 14.8 Å². The van der Waals surface area contributed by atoms with E-state index in [2.05, 4.69) is 5.32 Å². The maximum atomic E-state index is 12.6. The summed E-state index contributed by atoms with van der Waals surface area (Å²) in [6.45, 7) is 5.72. The van der Waals surface area contributed by atoms with Gasteiger partial charge in [-0.1, -0.05) is 41.4 Å². The zero-order valence-electron chi connectivity index (χ0n) is 15.8. The second kappa shape index (κ2) is 8.77. The van der Waals surface area contributed by atoms with Gasteiger partial charge in [-0.05, 0) is 56.5 Å². The van der Waals surface area contributed by atoms with Crippen molar-refractivity contribution in [1.29, 1.82) is 0 Å². The van der Waals surface area contributed by atoms with Crippen LogP contribution in [0.5, 0.6) is 5.75 Å². The lowest BCUT2D eigenvalue weighted by atomic mass is 9.74. The highest BCUT2D eigenvalue weighted by Gasteiger charge is 2.35. The molecule has 0 radical (unpaired) electrons. The van der Waals surface area contributed by atoms with Crippen molar-refractivity contribution < 1.29 is 14.3 Å². The van der Waals surface area contributed by atoms with Crippen molar-refractivity contribution >= 4 is 17.5 Å². The molecule has 1 fully saturated rings. The monoisotopic (exact) mass is 387 g/mol. The molecule has 0 saturated carbocycles. The van der Waals surface area contributed by atoms with Crippen LogP contribution in [-0.2, 0) is 14.9 Å².